The zero-order chi connectivity index (χ0) is 8.04. The highest BCUT2D eigenvalue weighted by molar-refractivity contribution is 7.86. The van der Waals surface area contributed by atoms with Crippen molar-refractivity contribution in [3.05, 3.63) is 0 Å². The average Bonchev–Trinajstić information content (AvgIpc) is 1.84. The van der Waals surface area contributed by atoms with Gasteiger partial charge in [0.15, 0.2) is 0 Å². The minimum absolute atomic E-state index is 0.0182. The maximum Gasteiger partial charge on any atom is 0.267 e. The molecule has 0 fully saturated rings. The van der Waals surface area contributed by atoms with Gasteiger partial charge in [0.25, 0.3) is 10.1 Å². The largest absolute Gasteiger partial charge is 0.270 e. The predicted octanol–water partition coefficient (Wildman–Crippen LogP) is 0.982. The van der Waals surface area contributed by atoms with Crippen molar-refractivity contribution in [2.24, 2.45) is 0 Å². The first kappa shape index (κ1) is 10.2. The molecule has 0 unspecified atom stereocenters. The van der Waals surface area contributed by atoms with E-state index in [4.69, 9.17) is 11.6 Å². The first-order valence-corrected chi connectivity index (χ1v) is 5.16. The number of alkyl halides is 1. The van der Waals surface area contributed by atoms with Crippen LogP contribution < -0.4 is 0 Å². The Labute approximate surface area is 66.5 Å². The van der Waals surface area contributed by atoms with Crippen molar-refractivity contribution >= 4 is 21.7 Å². The summed E-state index contributed by atoms with van der Waals surface area (Å²) in [6.07, 6.45) is 0.448. The molecule has 0 rings (SSSR count). The lowest BCUT2D eigenvalue weighted by Gasteiger charge is -1.99. The van der Waals surface area contributed by atoms with E-state index in [0.29, 0.717) is 12.3 Å². The van der Waals surface area contributed by atoms with Crippen LogP contribution in [0.5, 0.6) is 0 Å². The Kier molecular flexibility index (Phi) is 5.03. The van der Waals surface area contributed by atoms with Crippen LogP contribution >= 0.6 is 11.6 Å². The fraction of sp³-hybridized carbons (Fsp3) is 1.00. The van der Waals surface area contributed by atoms with Crippen molar-refractivity contribution in [1.82, 2.24) is 0 Å². The summed E-state index contributed by atoms with van der Waals surface area (Å²) in [5, 5.41) is 0. The monoisotopic (exact) mass is 186 g/mol. The molecule has 0 aromatic carbocycles. The molecular formula is C5H11ClO3S. The van der Waals surface area contributed by atoms with Crippen LogP contribution in [0.1, 0.15) is 13.3 Å². The third kappa shape index (κ3) is 5.02. The van der Waals surface area contributed by atoms with Crippen LogP contribution in [0.15, 0.2) is 0 Å². The molecule has 0 atom stereocenters. The van der Waals surface area contributed by atoms with Crippen molar-refractivity contribution in [2.45, 2.75) is 13.3 Å². The highest BCUT2D eigenvalue weighted by Gasteiger charge is 2.07. The third-order valence-corrected chi connectivity index (χ3v) is 2.48. The van der Waals surface area contributed by atoms with E-state index in [2.05, 4.69) is 4.18 Å². The molecule has 0 aliphatic carbocycles. The summed E-state index contributed by atoms with van der Waals surface area (Å²) in [6, 6.07) is 0. The van der Waals surface area contributed by atoms with Gasteiger partial charge in [0.05, 0.1) is 12.4 Å². The first-order valence-electron chi connectivity index (χ1n) is 3.05. The molecule has 0 radical (unpaired) electrons. The average molecular weight is 187 g/mol. The van der Waals surface area contributed by atoms with E-state index in [1.54, 1.807) is 6.92 Å². The molecule has 0 aliphatic rings. The molecule has 0 heterocycles. The Hall–Kier alpha value is 0.200. The van der Waals surface area contributed by atoms with Crippen molar-refractivity contribution < 1.29 is 12.6 Å². The highest BCUT2D eigenvalue weighted by atomic mass is 35.5. The second-order valence-corrected chi connectivity index (χ2v) is 3.85. The van der Waals surface area contributed by atoms with Gasteiger partial charge in [-0.15, -0.1) is 11.6 Å². The zero-order valence-electron chi connectivity index (χ0n) is 5.84. The first-order chi connectivity index (χ1) is 4.62. The molecule has 0 aromatic heterocycles. The number of hydrogen-bond acceptors (Lipinski definition) is 3. The molecule has 3 nitrogen and oxygen atoms in total. The molecule has 0 saturated carbocycles. The molecule has 0 saturated heterocycles. The smallest absolute Gasteiger partial charge is 0.267 e. The molecule has 10 heavy (non-hydrogen) atoms. The Morgan fingerprint density at radius 3 is 2.50 bits per heavy atom. The van der Waals surface area contributed by atoms with Crippen LogP contribution in [0.2, 0.25) is 0 Å². The van der Waals surface area contributed by atoms with Gasteiger partial charge in [0, 0.05) is 5.88 Å². The minimum Gasteiger partial charge on any atom is -0.270 e. The highest BCUT2D eigenvalue weighted by Crippen LogP contribution is 1.96. The van der Waals surface area contributed by atoms with Gasteiger partial charge in [0.1, 0.15) is 0 Å². The van der Waals surface area contributed by atoms with Gasteiger partial charge in [-0.2, -0.15) is 8.42 Å². The summed E-state index contributed by atoms with van der Waals surface area (Å²) in [5.74, 6) is 0.372. The van der Waals surface area contributed by atoms with Gasteiger partial charge in [-0.25, -0.2) is 0 Å². The molecule has 0 N–H and O–H groups in total. The van der Waals surface area contributed by atoms with E-state index < -0.39 is 10.1 Å². The Morgan fingerprint density at radius 1 is 1.50 bits per heavy atom. The van der Waals surface area contributed by atoms with Crippen molar-refractivity contribution in [3.8, 4) is 0 Å². The van der Waals surface area contributed by atoms with Crippen molar-refractivity contribution in [1.29, 1.82) is 0 Å². The van der Waals surface area contributed by atoms with E-state index in [1.807, 2.05) is 0 Å². The lowest BCUT2D eigenvalue weighted by Crippen LogP contribution is -2.10. The lowest BCUT2D eigenvalue weighted by atomic mass is 10.6. The fourth-order valence-electron chi connectivity index (χ4n) is 0.470. The fourth-order valence-corrected chi connectivity index (χ4v) is 1.74. The van der Waals surface area contributed by atoms with Crippen LogP contribution in [-0.4, -0.2) is 26.7 Å². The second kappa shape index (κ2) is 4.93. The summed E-state index contributed by atoms with van der Waals surface area (Å²) < 4.78 is 25.9. The summed E-state index contributed by atoms with van der Waals surface area (Å²) in [5.41, 5.74) is 0. The molecular weight excluding hydrogens is 176 g/mol. The molecule has 0 aliphatic heterocycles. The second-order valence-electron chi connectivity index (χ2n) is 1.71. The molecule has 0 aromatic rings. The molecule has 0 bridgehead atoms. The van der Waals surface area contributed by atoms with Crippen LogP contribution in [0.4, 0.5) is 0 Å². The lowest BCUT2D eigenvalue weighted by molar-refractivity contribution is 0.338. The van der Waals surface area contributed by atoms with E-state index in [-0.39, 0.29) is 12.4 Å². The Balaban J connectivity index is 3.65. The molecule has 5 heteroatoms. The normalized spacial score (nSPS) is 11.8. The standard InChI is InChI=1S/C5H11ClO3S/c1-2-9-10(7,8)5-3-4-6/h2-5H2,1H3. The van der Waals surface area contributed by atoms with E-state index in [0.717, 1.165) is 0 Å². The van der Waals surface area contributed by atoms with Crippen molar-refractivity contribution in [3.63, 3.8) is 0 Å². The SMILES string of the molecule is CCOS(=O)(=O)CCCCl. The van der Waals surface area contributed by atoms with Gasteiger partial charge in [0.2, 0.25) is 0 Å². The third-order valence-electron chi connectivity index (χ3n) is 0.825. The van der Waals surface area contributed by atoms with Gasteiger partial charge < -0.3 is 0 Å². The number of halogens is 1. The van der Waals surface area contributed by atoms with Crippen LogP contribution in [0, 0.1) is 0 Å². The zero-order valence-corrected chi connectivity index (χ0v) is 7.41. The molecule has 0 spiro atoms. The number of rotatable bonds is 5. The Bertz CT molecular complexity index is 164. The van der Waals surface area contributed by atoms with Crippen LogP contribution in [0.3, 0.4) is 0 Å². The number of hydrogen-bond donors (Lipinski definition) is 0. The van der Waals surface area contributed by atoms with E-state index in [9.17, 15) is 8.42 Å². The minimum atomic E-state index is -3.28. The van der Waals surface area contributed by atoms with Gasteiger partial charge in [-0.05, 0) is 13.3 Å². The van der Waals surface area contributed by atoms with Gasteiger partial charge in [-0.3, -0.25) is 4.18 Å². The van der Waals surface area contributed by atoms with Gasteiger partial charge >= 0.3 is 0 Å². The topological polar surface area (TPSA) is 43.4 Å². The predicted molar refractivity (Wildman–Crippen MR) is 40.7 cm³/mol. The van der Waals surface area contributed by atoms with E-state index >= 15 is 0 Å². The van der Waals surface area contributed by atoms with E-state index in [1.165, 1.54) is 0 Å². The Morgan fingerprint density at radius 2 is 2.10 bits per heavy atom. The van der Waals surface area contributed by atoms with Crippen LogP contribution in [-0.2, 0) is 14.3 Å². The molecule has 0 amide bonds. The summed E-state index contributed by atoms with van der Waals surface area (Å²) in [7, 11) is -3.28. The maximum absolute atomic E-state index is 10.7. The summed E-state index contributed by atoms with van der Waals surface area (Å²) in [4.78, 5) is 0. The quantitative estimate of drug-likeness (QED) is 0.475. The van der Waals surface area contributed by atoms with Gasteiger partial charge in [-0.1, -0.05) is 0 Å². The summed E-state index contributed by atoms with van der Waals surface area (Å²) >= 11 is 5.29. The molecule has 62 valence electrons. The maximum atomic E-state index is 10.7. The van der Waals surface area contributed by atoms with Crippen molar-refractivity contribution in [2.75, 3.05) is 18.2 Å². The van der Waals surface area contributed by atoms with Crippen LogP contribution in [0.25, 0.3) is 0 Å². The summed E-state index contributed by atoms with van der Waals surface area (Å²) in [6.45, 7) is 1.84.